The van der Waals surface area contributed by atoms with E-state index in [1.165, 1.54) is 22.9 Å². The minimum absolute atomic E-state index is 0.0255. The lowest BCUT2D eigenvalue weighted by Crippen LogP contribution is -2.54. The van der Waals surface area contributed by atoms with Crippen LogP contribution in [0.25, 0.3) is 22.0 Å². The first-order chi connectivity index (χ1) is 21.4. The number of halogens is 2. The van der Waals surface area contributed by atoms with Crippen molar-refractivity contribution in [3.63, 3.8) is 0 Å². The van der Waals surface area contributed by atoms with E-state index in [1.807, 2.05) is 32.0 Å². The van der Waals surface area contributed by atoms with Crippen molar-refractivity contribution in [3.8, 4) is 11.1 Å². The third-order valence-corrected chi connectivity index (χ3v) is 8.83. The molecule has 2 aromatic carbocycles. The number of benzene rings is 2. The molecule has 0 radical (unpaired) electrons. The Morgan fingerprint density at radius 1 is 1.13 bits per heavy atom. The van der Waals surface area contributed by atoms with Gasteiger partial charge >= 0.3 is 0 Å². The third kappa shape index (κ3) is 5.09. The standard InChI is InChI=1S/C33H32F2N6O4/c1-17(2)9-27(40(3)30(43)26-13-21-23(35)11-20(34)12-25(21)38-26)31(44)41-16-33(14-28(41)29(36)42)22-10-18(19-5-4-8-37-15-19)6-7-24(22)39-32(33)45/h4-8,10-13,15,17,27-28,38H,9,14,16H2,1-3H3,(H2,36,42)(H,39,45)/t27-,28?,33-/m0/s1. The van der Waals surface area contributed by atoms with E-state index >= 15 is 0 Å². The fourth-order valence-electron chi connectivity index (χ4n) is 6.55. The van der Waals surface area contributed by atoms with Gasteiger partial charge in [0.15, 0.2) is 0 Å². The molecule has 1 saturated heterocycles. The van der Waals surface area contributed by atoms with Crippen LogP contribution in [0.15, 0.2) is 60.9 Å². The van der Waals surface area contributed by atoms with Gasteiger partial charge in [0, 0.05) is 43.1 Å². The fraction of sp³-hybridized carbons (Fsp3) is 0.303. The lowest BCUT2D eigenvalue weighted by atomic mass is 9.78. The molecule has 1 fully saturated rings. The van der Waals surface area contributed by atoms with Crippen molar-refractivity contribution in [2.75, 3.05) is 18.9 Å². The average Bonchev–Trinajstić information content (AvgIpc) is 3.70. The number of primary amides is 1. The van der Waals surface area contributed by atoms with E-state index in [4.69, 9.17) is 5.73 Å². The molecule has 2 aromatic heterocycles. The first-order valence-electron chi connectivity index (χ1n) is 14.6. The highest BCUT2D eigenvalue weighted by Crippen LogP contribution is 2.48. The third-order valence-electron chi connectivity index (χ3n) is 8.83. The number of aromatic amines is 1. The first-order valence-corrected chi connectivity index (χ1v) is 14.6. The molecule has 3 atom stereocenters. The predicted octanol–water partition coefficient (Wildman–Crippen LogP) is 3.97. The Hall–Kier alpha value is -5.13. The lowest BCUT2D eigenvalue weighted by Gasteiger charge is -2.33. The Labute approximate surface area is 257 Å². The van der Waals surface area contributed by atoms with Gasteiger partial charge < -0.3 is 25.8 Å². The van der Waals surface area contributed by atoms with E-state index in [1.54, 1.807) is 24.5 Å². The van der Waals surface area contributed by atoms with Gasteiger partial charge in [-0.05, 0) is 65.8 Å². The zero-order valence-corrected chi connectivity index (χ0v) is 24.9. The molecule has 45 heavy (non-hydrogen) atoms. The number of likely N-dealkylation sites (tertiary alicyclic amines) is 1. The van der Waals surface area contributed by atoms with Crippen molar-refractivity contribution >= 4 is 40.2 Å². The number of pyridine rings is 1. The molecule has 4 heterocycles. The minimum Gasteiger partial charge on any atom is -0.368 e. The highest BCUT2D eigenvalue weighted by atomic mass is 19.1. The van der Waals surface area contributed by atoms with Gasteiger partial charge in [-0.25, -0.2) is 8.78 Å². The first kappa shape index (κ1) is 29.9. The molecule has 0 aliphatic carbocycles. The molecule has 4 N–H and O–H groups in total. The number of H-pyrrole nitrogens is 1. The van der Waals surface area contributed by atoms with Gasteiger partial charge in [0.2, 0.25) is 17.7 Å². The van der Waals surface area contributed by atoms with E-state index < -0.39 is 46.9 Å². The van der Waals surface area contributed by atoms with E-state index in [0.29, 0.717) is 11.3 Å². The quantitative estimate of drug-likeness (QED) is 0.289. The van der Waals surface area contributed by atoms with Crippen molar-refractivity contribution in [1.82, 2.24) is 19.8 Å². The number of hydrogen-bond acceptors (Lipinski definition) is 5. The number of fused-ring (bicyclic) bond motifs is 3. The van der Waals surface area contributed by atoms with Crippen LogP contribution in [0.1, 0.15) is 42.7 Å². The highest BCUT2D eigenvalue weighted by Gasteiger charge is 2.58. The second kappa shape index (κ2) is 11.1. The predicted molar refractivity (Wildman–Crippen MR) is 163 cm³/mol. The number of nitrogens with two attached hydrogens (primary N) is 1. The van der Waals surface area contributed by atoms with Crippen LogP contribution < -0.4 is 11.1 Å². The molecule has 2 aliphatic rings. The molecule has 2 aliphatic heterocycles. The molecule has 12 heteroatoms. The van der Waals surface area contributed by atoms with Gasteiger partial charge in [0.25, 0.3) is 5.91 Å². The summed E-state index contributed by atoms with van der Waals surface area (Å²) in [6, 6.07) is 10.1. The molecule has 1 unspecified atom stereocenters. The van der Waals surface area contributed by atoms with Crippen LogP contribution in [0.2, 0.25) is 0 Å². The number of carbonyl (C=O) groups is 4. The van der Waals surface area contributed by atoms with Crippen LogP contribution >= 0.6 is 0 Å². The molecule has 4 aromatic rings. The second-order valence-electron chi connectivity index (χ2n) is 12.2. The van der Waals surface area contributed by atoms with Gasteiger partial charge in [-0.2, -0.15) is 0 Å². The fourth-order valence-corrected chi connectivity index (χ4v) is 6.55. The molecule has 1 spiro atoms. The van der Waals surface area contributed by atoms with E-state index in [-0.39, 0.29) is 47.8 Å². The van der Waals surface area contributed by atoms with Crippen molar-refractivity contribution in [1.29, 1.82) is 0 Å². The number of hydrogen-bond donors (Lipinski definition) is 3. The Balaban J connectivity index is 1.35. The summed E-state index contributed by atoms with van der Waals surface area (Å²) in [5.74, 6) is -3.96. The maximum Gasteiger partial charge on any atom is 0.270 e. The summed E-state index contributed by atoms with van der Waals surface area (Å²) in [5, 5.41) is 2.94. The van der Waals surface area contributed by atoms with Crippen molar-refractivity contribution in [2.45, 2.75) is 44.2 Å². The van der Waals surface area contributed by atoms with Gasteiger partial charge in [-0.15, -0.1) is 0 Å². The second-order valence-corrected chi connectivity index (χ2v) is 12.2. The number of aromatic nitrogens is 2. The minimum atomic E-state index is -1.24. The molecule has 6 rings (SSSR count). The molecule has 10 nitrogen and oxygen atoms in total. The van der Waals surface area contributed by atoms with Crippen LogP contribution in [0.4, 0.5) is 14.5 Å². The highest BCUT2D eigenvalue weighted by molar-refractivity contribution is 6.09. The molecular weight excluding hydrogens is 582 g/mol. The molecule has 4 amide bonds. The van der Waals surface area contributed by atoms with Gasteiger partial charge in [-0.1, -0.05) is 26.0 Å². The molecule has 0 bridgehead atoms. The van der Waals surface area contributed by atoms with Crippen LogP contribution in [0, 0.1) is 17.6 Å². The summed E-state index contributed by atoms with van der Waals surface area (Å²) in [6.07, 6.45) is 3.57. The summed E-state index contributed by atoms with van der Waals surface area (Å²) >= 11 is 0. The van der Waals surface area contributed by atoms with Crippen LogP contribution in [-0.4, -0.2) is 69.1 Å². The van der Waals surface area contributed by atoms with Gasteiger partial charge in [0.05, 0.1) is 10.9 Å². The zero-order chi connectivity index (χ0) is 32.2. The normalized spacial score (nSPS) is 19.6. The van der Waals surface area contributed by atoms with Gasteiger partial charge in [0.1, 0.15) is 29.4 Å². The number of anilines is 1. The number of carbonyl (C=O) groups excluding carboxylic acids is 4. The van der Waals surface area contributed by atoms with Crippen LogP contribution in [0.5, 0.6) is 0 Å². The largest absolute Gasteiger partial charge is 0.368 e. The lowest BCUT2D eigenvalue weighted by molar-refractivity contribution is -0.141. The Morgan fingerprint density at radius 2 is 1.91 bits per heavy atom. The summed E-state index contributed by atoms with van der Waals surface area (Å²) in [7, 11) is 1.44. The van der Waals surface area contributed by atoms with Crippen molar-refractivity contribution in [2.24, 2.45) is 11.7 Å². The number of nitrogens with zero attached hydrogens (tertiary/aromatic N) is 3. The zero-order valence-electron chi connectivity index (χ0n) is 24.9. The summed E-state index contributed by atoms with van der Waals surface area (Å²) < 4.78 is 28.2. The topological polar surface area (TPSA) is 141 Å². The maximum atomic E-state index is 14.4. The van der Waals surface area contributed by atoms with Crippen molar-refractivity contribution < 1.29 is 28.0 Å². The summed E-state index contributed by atoms with van der Waals surface area (Å²) in [5.41, 5.74) is 7.54. The SMILES string of the molecule is CC(C)C[C@@H](C(=O)N1C[C@]2(CC1C(N)=O)C(=O)Nc1ccc(-c3cccnc3)cc12)N(C)C(=O)c1cc2c(F)cc(F)cc2[nH]1. The number of likely N-dealkylation sites (N-methyl/N-ethyl adjacent to an activating group) is 1. The van der Waals surface area contributed by atoms with E-state index in [9.17, 15) is 28.0 Å². The van der Waals surface area contributed by atoms with E-state index in [0.717, 1.165) is 23.3 Å². The molecule has 232 valence electrons. The number of rotatable bonds is 7. The average molecular weight is 615 g/mol. The summed E-state index contributed by atoms with van der Waals surface area (Å²) in [6.45, 7) is 3.65. The number of nitrogens with one attached hydrogen (secondary N) is 2. The van der Waals surface area contributed by atoms with Crippen molar-refractivity contribution in [3.05, 3.63) is 83.8 Å². The Morgan fingerprint density at radius 3 is 2.60 bits per heavy atom. The van der Waals surface area contributed by atoms with Crippen LogP contribution in [0.3, 0.4) is 0 Å². The Kier molecular flexibility index (Phi) is 7.38. The number of amides is 4. The van der Waals surface area contributed by atoms with E-state index in [2.05, 4.69) is 15.3 Å². The van der Waals surface area contributed by atoms with Gasteiger partial charge in [-0.3, -0.25) is 24.2 Å². The molecular formula is C33H32F2N6O4. The monoisotopic (exact) mass is 614 g/mol. The maximum absolute atomic E-state index is 14.4. The molecule has 0 saturated carbocycles. The smallest absolute Gasteiger partial charge is 0.270 e. The summed E-state index contributed by atoms with van der Waals surface area (Å²) in [4.78, 5) is 63.9. The van der Waals surface area contributed by atoms with Crippen LogP contribution in [-0.2, 0) is 19.8 Å². The Bertz CT molecular complexity index is 1860.